The molecule has 0 atom stereocenters. The third-order valence-corrected chi connectivity index (χ3v) is 0.898. The van der Waals surface area contributed by atoms with Crippen molar-refractivity contribution in [3.05, 3.63) is 24.4 Å². The van der Waals surface area contributed by atoms with E-state index in [1.165, 1.54) is 18.4 Å². The lowest BCUT2D eigenvalue weighted by Gasteiger charge is -1.92. The van der Waals surface area contributed by atoms with E-state index >= 15 is 0 Å². The fraction of sp³-hybridized carbons (Fsp3) is 0.143. The molecule has 0 radical (unpaired) electrons. The first-order valence-corrected chi connectivity index (χ1v) is 3.04. The number of rotatable bonds is 3. The highest BCUT2D eigenvalue weighted by Gasteiger charge is 1.97. The second-order valence-electron chi connectivity index (χ2n) is 1.64. The van der Waals surface area contributed by atoms with Gasteiger partial charge in [0.15, 0.2) is 5.84 Å². The lowest BCUT2D eigenvalue weighted by atomic mass is 10.4. The summed E-state index contributed by atoms with van der Waals surface area (Å²) in [6.07, 6.45) is 4.57. The number of hydrogen-bond acceptors (Lipinski definition) is 3. The van der Waals surface area contributed by atoms with Crippen molar-refractivity contribution in [2.45, 2.75) is 6.92 Å². The summed E-state index contributed by atoms with van der Waals surface area (Å²) >= 11 is 0. The smallest absolute Gasteiger partial charge is 0.192 e. The minimum atomic E-state index is -0.164. The van der Waals surface area contributed by atoms with E-state index in [1.807, 2.05) is 0 Å². The summed E-state index contributed by atoms with van der Waals surface area (Å²) in [6.45, 7) is 5.18. The summed E-state index contributed by atoms with van der Waals surface area (Å²) in [5, 5.41) is 10.0. The van der Waals surface area contributed by atoms with Crippen LogP contribution in [0.2, 0.25) is 0 Å². The van der Waals surface area contributed by atoms with Gasteiger partial charge in [-0.3, -0.25) is 10.4 Å². The number of hydrogen-bond donors (Lipinski definition) is 2. The number of allylic oxidation sites excluding steroid dienone is 2. The highest BCUT2D eigenvalue weighted by molar-refractivity contribution is 5.96. The highest BCUT2D eigenvalue weighted by atomic mass is 15.0. The predicted molar refractivity (Wildman–Crippen MR) is 45.3 cm³/mol. The number of nitrogens with zero attached hydrogens (tertiary/aromatic N) is 2. The molecule has 0 spiro atoms. The van der Waals surface area contributed by atoms with Crippen molar-refractivity contribution in [1.82, 2.24) is 0 Å². The van der Waals surface area contributed by atoms with Crippen molar-refractivity contribution in [3.8, 4) is 0 Å². The van der Waals surface area contributed by atoms with Crippen molar-refractivity contribution in [2.75, 3.05) is 0 Å². The van der Waals surface area contributed by atoms with E-state index in [1.54, 1.807) is 6.92 Å². The maximum absolute atomic E-state index is 7.12. The van der Waals surface area contributed by atoms with Crippen molar-refractivity contribution < 1.29 is 0 Å². The Bertz CT molecular complexity index is 225. The van der Waals surface area contributed by atoms with Crippen LogP contribution in [0.5, 0.6) is 0 Å². The standard InChI is InChI=1S/C7H10N4/c1-3-5-6(10-4-2)7(8)11-9/h3-5,8-9H,1H2,2H3/b6-5-,8-7?,10-4?,11-9?. The number of nitrogens with one attached hydrogen (secondary N) is 2. The molecule has 0 aromatic carbocycles. The molecule has 0 aliphatic rings. The second-order valence-corrected chi connectivity index (χ2v) is 1.64. The fourth-order valence-corrected chi connectivity index (χ4v) is 0.491. The van der Waals surface area contributed by atoms with E-state index in [9.17, 15) is 0 Å². The van der Waals surface area contributed by atoms with Gasteiger partial charge < -0.3 is 0 Å². The Hall–Kier alpha value is -1.58. The molecular formula is C7H10N4. The van der Waals surface area contributed by atoms with Gasteiger partial charge in [0, 0.05) is 6.21 Å². The van der Waals surface area contributed by atoms with Gasteiger partial charge in [0.2, 0.25) is 0 Å². The normalized spacial score (nSPS) is 11.5. The van der Waals surface area contributed by atoms with E-state index in [4.69, 9.17) is 10.9 Å². The molecular weight excluding hydrogens is 140 g/mol. The fourth-order valence-electron chi connectivity index (χ4n) is 0.491. The molecule has 58 valence electrons. The van der Waals surface area contributed by atoms with Gasteiger partial charge >= 0.3 is 0 Å². The van der Waals surface area contributed by atoms with Gasteiger partial charge in [-0.25, -0.2) is 5.53 Å². The minimum Gasteiger partial charge on any atom is -0.280 e. The molecule has 0 aromatic rings. The monoisotopic (exact) mass is 150 g/mol. The molecule has 0 aliphatic heterocycles. The van der Waals surface area contributed by atoms with Crippen LogP contribution in [0.3, 0.4) is 0 Å². The van der Waals surface area contributed by atoms with Crippen LogP contribution in [0.15, 0.2) is 34.5 Å². The first-order valence-electron chi connectivity index (χ1n) is 3.04. The zero-order valence-corrected chi connectivity index (χ0v) is 6.33. The minimum absolute atomic E-state index is 0.164. The molecule has 2 N–H and O–H groups in total. The Morgan fingerprint density at radius 2 is 2.18 bits per heavy atom. The van der Waals surface area contributed by atoms with E-state index in [2.05, 4.69) is 16.7 Å². The maximum atomic E-state index is 7.12. The molecule has 11 heavy (non-hydrogen) atoms. The van der Waals surface area contributed by atoms with Crippen LogP contribution in [0.1, 0.15) is 6.92 Å². The molecule has 0 aromatic heterocycles. The van der Waals surface area contributed by atoms with E-state index in [0.717, 1.165) is 0 Å². The zero-order chi connectivity index (χ0) is 8.69. The lowest BCUT2D eigenvalue weighted by Crippen LogP contribution is -1.92. The first-order chi connectivity index (χ1) is 5.26. The molecule has 0 aliphatic carbocycles. The zero-order valence-electron chi connectivity index (χ0n) is 6.33. The lowest BCUT2D eigenvalue weighted by molar-refractivity contribution is 1.15. The van der Waals surface area contributed by atoms with Gasteiger partial charge in [-0.1, -0.05) is 12.7 Å². The van der Waals surface area contributed by atoms with E-state index < -0.39 is 0 Å². The summed E-state index contributed by atoms with van der Waals surface area (Å²) in [5.41, 5.74) is 6.89. The summed E-state index contributed by atoms with van der Waals surface area (Å²) in [6, 6.07) is 0. The Labute approximate surface area is 65.4 Å². The molecule has 0 heterocycles. The second kappa shape index (κ2) is 5.22. The van der Waals surface area contributed by atoms with Gasteiger partial charge in [0.1, 0.15) is 5.70 Å². The SMILES string of the molecule is C=C/C=C(\N=CC)C(=N)N=N. The van der Waals surface area contributed by atoms with Crippen LogP contribution >= 0.6 is 0 Å². The largest absolute Gasteiger partial charge is 0.280 e. The predicted octanol–water partition coefficient (Wildman–Crippen LogP) is 2.16. The summed E-state index contributed by atoms with van der Waals surface area (Å²) < 4.78 is 0. The number of aliphatic imine (C=N–C) groups is 1. The average Bonchev–Trinajstić information content (AvgIpc) is 2.03. The van der Waals surface area contributed by atoms with Crippen LogP contribution in [0, 0.1) is 10.9 Å². The third-order valence-electron chi connectivity index (χ3n) is 0.898. The molecule has 0 bridgehead atoms. The molecule has 0 rings (SSSR count). The van der Waals surface area contributed by atoms with E-state index in [0.29, 0.717) is 5.70 Å². The summed E-state index contributed by atoms with van der Waals surface area (Å²) in [7, 11) is 0. The van der Waals surface area contributed by atoms with E-state index in [-0.39, 0.29) is 5.84 Å². The molecule has 4 nitrogen and oxygen atoms in total. The van der Waals surface area contributed by atoms with Gasteiger partial charge in [0.05, 0.1) is 0 Å². The quantitative estimate of drug-likeness (QED) is 0.268. The molecule has 4 heteroatoms. The number of amidine groups is 1. The molecule has 0 fully saturated rings. The summed E-state index contributed by atoms with van der Waals surface area (Å²) in [5.74, 6) is -0.164. The molecule has 0 unspecified atom stereocenters. The third kappa shape index (κ3) is 3.20. The van der Waals surface area contributed by atoms with Crippen LogP contribution in [0.25, 0.3) is 0 Å². The van der Waals surface area contributed by atoms with Gasteiger partial charge in [0.25, 0.3) is 0 Å². The van der Waals surface area contributed by atoms with Crippen LogP contribution in [-0.4, -0.2) is 12.1 Å². The van der Waals surface area contributed by atoms with Crippen LogP contribution in [-0.2, 0) is 0 Å². The first kappa shape index (κ1) is 9.42. The van der Waals surface area contributed by atoms with Crippen molar-refractivity contribution in [1.29, 1.82) is 10.9 Å². The van der Waals surface area contributed by atoms with Crippen molar-refractivity contribution in [3.63, 3.8) is 0 Å². The van der Waals surface area contributed by atoms with Crippen LogP contribution in [0.4, 0.5) is 0 Å². The highest BCUT2D eigenvalue weighted by Crippen LogP contribution is 1.99. The molecule has 0 amide bonds. The van der Waals surface area contributed by atoms with Gasteiger partial charge in [-0.2, -0.15) is 0 Å². The topological polar surface area (TPSA) is 72.4 Å². The molecule has 0 saturated heterocycles. The van der Waals surface area contributed by atoms with Crippen LogP contribution < -0.4 is 0 Å². The Balaban J connectivity index is 4.59. The van der Waals surface area contributed by atoms with Gasteiger partial charge in [-0.05, 0) is 13.0 Å². The molecule has 0 saturated carbocycles. The van der Waals surface area contributed by atoms with Gasteiger partial charge in [-0.15, -0.1) is 5.11 Å². The van der Waals surface area contributed by atoms with Crippen molar-refractivity contribution >= 4 is 12.1 Å². The van der Waals surface area contributed by atoms with Crippen molar-refractivity contribution in [2.24, 2.45) is 10.1 Å². The average molecular weight is 150 g/mol. The summed E-state index contributed by atoms with van der Waals surface area (Å²) in [4.78, 5) is 3.81. The Morgan fingerprint density at radius 3 is 2.55 bits per heavy atom. The maximum Gasteiger partial charge on any atom is 0.192 e. The Morgan fingerprint density at radius 1 is 1.55 bits per heavy atom. The Kier molecular flexibility index (Phi) is 4.47.